The fraction of sp³-hybridized carbons (Fsp3) is 0.375. The van der Waals surface area contributed by atoms with Crippen LogP contribution in [0.15, 0.2) is 41.8 Å². The van der Waals surface area contributed by atoms with Crippen molar-refractivity contribution in [2.24, 2.45) is 0 Å². The number of rotatable bonds is 6. The lowest BCUT2D eigenvalue weighted by molar-refractivity contribution is 0.151. The van der Waals surface area contributed by atoms with Crippen LogP contribution >= 0.6 is 11.3 Å². The van der Waals surface area contributed by atoms with Crippen LogP contribution in [0.1, 0.15) is 36.3 Å². The molecule has 0 saturated carbocycles. The maximum absolute atomic E-state index is 12.4. The highest BCUT2D eigenvalue weighted by molar-refractivity contribution is 7.10. The summed E-state index contributed by atoms with van der Waals surface area (Å²) in [4.78, 5) is 1.35. The Morgan fingerprint density at radius 3 is 2.40 bits per heavy atom. The molecule has 0 aliphatic rings. The van der Waals surface area contributed by atoms with E-state index in [4.69, 9.17) is 0 Å². The van der Waals surface area contributed by atoms with Gasteiger partial charge in [-0.1, -0.05) is 44.2 Å². The molecule has 1 aromatic heterocycles. The summed E-state index contributed by atoms with van der Waals surface area (Å²) in [6.45, 7) is 5.94. The van der Waals surface area contributed by atoms with Crippen molar-refractivity contribution in [3.05, 3.63) is 57.8 Å². The molecular formula is C16H19F2NS. The first kappa shape index (κ1) is 15.1. The summed E-state index contributed by atoms with van der Waals surface area (Å²) in [6, 6.07) is 10.7. The molecule has 0 bridgehead atoms. The Balaban J connectivity index is 1.86. The van der Waals surface area contributed by atoms with E-state index in [-0.39, 0.29) is 11.0 Å². The molecule has 20 heavy (non-hydrogen) atoms. The molecule has 108 valence electrons. The Bertz CT molecular complexity index is 518. The van der Waals surface area contributed by atoms with E-state index in [9.17, 15) is 8.78 Å². The van der Waals surface area contributed by atoms with Gasteiger partial charge in [0.15, 0.2) is 0 Å². The molecule has 0 aliphatic carbocycles. The van der Waals surface area contributed by atoms with Gasteiger partial charge in [0.05, 0.1) is 0 Å². The molecule has 1 heterocycles. The number of nitrogens with one attached hydrogen (secondary N) is 1. The molecular weight excluding hydrogens is 276 g/mol. The first-order chi connectivity index (χ1) is 9.49. The van der Waals surface area contributed by atoms with Crippen molar-refractivity contribution in [1.29, 1.82) is 0 Å². The number of hydrogen-bond acceptors (Lipinski definition) is 2. The van der Waals surface area contributed by atoms with Crippen LogP contribution in [0.25, 0.3) is 0 Å². The number of thiophene rings is 1. The average Bonchev–Trinajstić information content (AvgIpc) is 2.94. The number of halogens is 2. The van der Waals surface area contributed by atoms with Gasteiger partial charge in [0.25, 0.3) is 6.43 Å². The third kappa shape index (κ3) is 3.87. The van der Waals surface area contributed by atoms with Crippen LogP contribution < -0.4 is 5.32 Å². The van der Waals surface area contributed by atoms with Crippen molar-refractivity contribution in [3.63, 3.8) is 0 Å². The van der Waals surface area contributed by atoms with Gasteiger partial charge in [-0.05, 0) is 17.0 Å². The molecule has 1 nitrogen and oxygen atoms in total. The second kappa shape index (κ2) is 6.46. The lowest BCUT2D eigenvalue weighted by Crippen LogP contribution is -2.31. The van der Waals surface area contributed by atoms with Crippen molar-refractivity contribution in [1.82, 2.24) is 5.32 Å². The van der Waals surface area contributed by atoms with E-state index in [0.29, 0.717) is 6.54 Å². The van der Waals surface area contributed by atoms with Crippen molar-refractivity contribution >= 4 is 11.3 Å². The molecule has 2 aromatic rings. The predicted octanol–water partition coefficient (Wildman–Crippen LogP) is 4.75. The van der Waals surface area contributed by atoms with Crippen molar-refractivity contribution in [3.8, 4) is 0 Å². The van der Waals surface area contributed by atoms with Gasteiger partial charge < -0.3 is 5.32 Å². The van der Waals surface area contributed by atoms with Gasteiger partial charge in [0.1, 0.15) is 0 Å². The van der Waals surface area contributed by atoms with Gasteiger partial charge in [0, 0.05) is 28.9 Å². The quantitative estimate of drug-likeness (QED) is 0.810. The molecule has 0 fully saturated rings. The fourth-order valence-corrected chi connectivity index (χ4v) is 2.90. The van der Waals surface area contributed by atoms with Crippen LogP contribution in [0.4, 0.5) is 8.78 Å². The molecule has 0 saturated heterocycles. The van der Waals surface area contributed by atoms with Crippen LogP contribution in [0.2, 0.25) is 0 Å². The summed E-state index contributed by atoms with van der Waals surface area (Å²) in [7, 11) is 0. The summed E-state index contributed by atoms with van der Waals surface area (Å²) in [5, 5.41) is 5.48. The third-order valence-electron chi connectivity index (χ3n) is 3.32. The van der Waals surface area contributed by atoms with E-state index >= 15 is 0 Å². The first-order valence-corrected chi connectivity index (χ1v) is 7.49. The van der Waals surface area contributed by atoms with Gasteiger partial charge in [0.2, 0.25) is 0 Å². The minimum Gasteiger partial charge on any atom is -0.312 e. The Morgan fingerprint density at radius 2 is 1.85 bits per heavy atom. The van der Waals surface area contributed by atoms with Crippen LogP contribution in [0, 0.1) is 0 Å². The molecule has 0 aliphatic heterocycles. The zero-order chi connectivity index (χ0) is 14.6. The zero-order valence-corrected chi connectivity index (χ0v) is 12.5. The number of benzene rings is 1. The molecule has 1 N–H and O–H groups in total. The smallest absolute Gasteiger partial charge is 0.263 e. The van der Waals surface area contributed by atoms with E-state index in [1.807, 2.05) is 0 Å². The number of hydrogen-bond donors (Lipinski definition) is 1. The molecule has 0 radical (unpaired) electrons. The van der Waals surface area contributed by atoms with E-state index < -0.39 is 6.43 Å². The largest absolute Gasteiger partial charge is 0.312 e. The highest BCUT2D eigenvalue weighted by Crippen LogP contribution is 2.26. The van der Waals surface area contributed by atoms with Gasteiger partial charge in [-0.15, -0.1) is 11.3 Å². The van der Waals surface area contributed by atoms with Crippen molar-refractivity contribution in [2.45, 2.75) is 32.2 Å². The average molecular weight is 295 g/mol. The van der Waals surface area contributed by atoms with E-state index in [2.05, 4.69) is 36.7 Å². The van der Waals surface area contributed by atoms with Crippen LogP contribution in [-0.2, 0) is 12.0 Å². The lowest BCUT2D eigenvalue weighted by Gasteiger charge is -2.23. The van der Waals surface area contributed by atoms with Gasteiger partial charge >= 0.3 is 0 Å². The maximum Gasteiger partial charge on any atom is 0.263 e. The zero-order valence-electron chi connectivity index (χ0n) is 11.7. The Kier molecular flexibility index (Phi) is 4.89. The first-order valence-electron chi connectivity index (χ1n) is 6.61. The van der Waals surface area contributed by atoms with Crippen molar-refractivity contribution in [2.75, 3.05) is 6.54 Å². The minimum atomic E-state index is -2.39. The molecule has 4 heteroatoms. The Labute approximate surface area is 122 Å². The molecule has 0 amide bonds. The van der Waals surface area contributed by atoms with E-state index in [1.165, 1.54) is 17.0 Å². The SMILES string of the molecule is CC(C)(CNCc1ccc(C(F)F)cc1)c1cccs1. The van der Waals surface area contributed by atoms with E-state index in [1.54, 1.807) is 23.5 Å². The molecule has 0 unspecified atom stereocenters. The second-order valence-electron chi connectivity index (χ2n) is 5.51. The summed E-state index contributed by atoms with van der Waals surface area (Å²) < 4.78 is 24.9. The van der Waals surface area contributed by atoms with Crippen LogP contribution in [0.3, 0.4) is 0 Å². The normalized spacial score (nSPS) is 12.1. The molecule has 2 rings (SSSR count). The summed E-state index contributed by atoms with van der Waals surface area (Å²) in [6.07, 6.45) is -2.39. The third-order valence-corrected chi connectivity index (χ3v) is 4.55. The summed E-state index contributed by atoms with van der Waals surface area (Å²) >= 11 is 1.76. The minimum absolute atomic E-state index is 0.0765. The van der Waals surface area contributed by atoms with Gasteiger partial charge in [-0.25, -0.2) is 8.78 Å². The molecule has 0 spiro atoms. The maximum atomic E-state index is 12.4. The predicted molar refractivity (Wildman–Crippen MR) is 80.5 cm³/mol. The van der Waals surface area contributed by atoms with Crippen LogP contribution in [0.5, 0.6) is 0 Å². The molecule has 1 aromatic carbocycles. The number of alkyl halides is 2. The summed E-state index contributed by atoms with van der Waals surface area (Å²) in [5.74, 6) is 0. The van der Waals surface area contributed by atoms with Gasteiger partial charge in [-0.2, -0.15) is 0 Å². The fourth-order valence-electron chi connectivity index (χ4n) is 2.05. The lowest BCUT2D eigenvalue weighted by atomic mass is 9.91. The highest BCUT2D eigenvalue weighted by atomic mass is 32.1. The topological polar surface area (TPSA) is 12.0 Å². The van der Waals surface area contributed by atoms with Crippen molar-refractivity contribution < 1.29 is 8.78 Å². The standard InChI is InChI=1S/C16H19F2NS/c1-16(2,14-4-3-9-20-14)11-19-10-12-5-7-13(8-6-12)15(17)18/h3-9,15,19H,10-11H2,1-2H3. The summed E-state index contributed by atoms with van der Waals surface area (Å²) in [5.41, 5.74) is 1.18. The highest BCUT2D eigenvalue weighted by Gasteiger charge is 2.20. The second-order valence-corrected chi connectivity index (χ2v) is 6.45. The monoisotopic (exact) mass is 295 g/mol. The molecule has 0 atom stereocenters. The van der Waals surface area contributed by atoms with E-state index in [0.717, 1.165) is 12.1 Å². The van der Waals surface area contributed by atoms with Crippen LogP contribution in [-0.4, -0.2) is 6.54 Å². The Hall–Kier alpha value is -1.26. The Morgan fingerprint density at radius 1 is 1.15 bits per heavy atom. The van der Waals surface area contributed by atoms with Gasteiger partial charge in [-0.3, -0.25) is 0 Å².